The van der Waals surface area contributed by atoms with Crippen molar-refractivity contribution >= 4 is 57.3 Å². The molecular weight excluding hydrogens is 541 g/mol. The number of allylic oxidation sites excluding steroid dienone is 1. The average molecular weight is 563 g/mol. The predicted molar refractivity (Wildman–Crippen MR) is 146 cm³/mol. The minimum absolute atomic E-state index is 0.123. The van der Waals surface area contributed by atoms with Crippen molar-refractivity contribution in [1.29, 1.82) is 0 Å². The van der Waals surface area contributed by atoms with Crippen molar-refractivity contribution in [2.45, 2.75) is 11.7 Å². The first-order valence-electron chi connectivity index (χ1n) is 10.5. The summed E-state index contributed by atoms with van der Waals surface area (Å²) in [5.74, 6) is 1.73. The van der Waals surface area contributed by atoms with Crippen molar-refractivity contribution in [1.82, 2.24) is 19.7 Å². The monoisotopic (exact) mass is 561 g/mol. The number of hydrogen-bond donors (Lipinski definition) is 1. The number of ether oxygens (including phenoxy) is 2. The minimum atomic E-state index is -0.219. The van der Waals surface area contributed by atoms with Gasteiger partial charge in [0.25, 0.3) is 0 Å². The van der Waals surface area contributed by atoms with Crippen molar-refractivity contribution in [3.63, 3.8) is 0 Å². The second kappa shape index (κ2) is 11.8. The summed E-state index contributed by atoms with van der Waals surface area (Å²) in [5, 5.41) is 15.4. The van der Waals surface area contributed by atoms with E-state index in [1.807, 2.05) is 22.1 Å². The summed E-state index contributed by atoms with van der Waals surface area (Å²) in [6.07, 6.45) is 1.75. The molecule has 0 fully saturated rings. The molecule has 2 aromatic carbocycles. The van der Waals surface area contributed by atoms with E-state index in [9.17, 15) is 4.79 Å². The molecule has 0 aliphatic rings. The lowest BCUT2D eigenvalue weighted by Gasteiger charge is -2.11. The van der Waals surface area contributed by atoms with E-state index >= 15 is 0 Å². The summed E-state index contributed by atoms with van der Waals surface area (Å²) in [6.45, 7) is 4.30. The number of amides is 1. The number of rotatable bonds is 10. The number of nitrogens with one attached hydrogen (secondary N) is 1. The quantitative estimate of drug-likeness (QED) is 0.179. The zero-order valence-corrected chi connectivity index (χ0v) is 22.5. The molecule has 0 saturated carbocycles. The van der Waals surface area contributed by atoms with Gasteiger partial charge in [-0.25, -0.2) is 4.98 Å². The van der Waals surface area contributed by atoms with Crippen LogP contribution in [0.5, 0.6) is 11.5 Å². The average Bonchev–Trinajstić information content (AvgIpc) is 3.49. The fraction of sp³-hybridized carbons (Fsp3) is 0.167. The van der Waals surface area contributed by atoms with Crippen LogP contribution in [0, 0.1) is 0 Å². The Bertz CT molecular complexity index is 1410. The Kier molecular flexibility index (Phi) is 8.52. The summed E-state index contributed by atoms with van der Waals surface area (Å²) in [4.78, 5) is 17.1. The van der Waals surface area contributed by atoms with Crippen LogP contribution in [0.2, 0.25) is 10.0 Å². The number of thiazole rings is 1. The van der Waals surface area contributed by atoms with Crippen LogP contribution in [0.25, 0.3) is 22.6 Å². The van der Waals surface area contributed by atoms with E-state index in [4.69, 9.17) is 32.7 Å². The lowest BCUT2D eigenvalue weighted by molar-refractivity contribution is -0.113. The second-order valence-corrected chi connectivity index (χ2v) is 9.92. The molecule has 4 rings (SSSR count). The zero-order valence-electron chi connectivity index (χ0n) is 19.3. The Morgan fingerprint density at radius 1 is 1.17 bits per heavy atom. The fourth-order valence-corrected chi connectivity index (χ4v) is 5.30. The summed E-state index contributed by atoms with van der Waals surface area (Å²) in [6, 6.07) is 10.7. The van der Waals surface area contributed by atoms with Gasteiger partial charge in [0, 0.05) is 28.1 Å². The van der Waals surface area contributed by atoms with E-state index in [0.29, 0.717) is 49.9 Å². The number of aromatic nitrogens is 4. The lowest BCUT2D eigenvalue weighted by Crippen LogP contribution is -2.14. The third kappa shape index (κ3) is 5.84. The normalized spacial score (nSPS) is 10.8. The Balaban J connectivity index is 1.45. The summed E-state index contributed by atoms with van der Waals surface area (Å²) < 4.78 is 12.6. The van der Waals surface area contributed by atoms with Gasteiger partial charge in [-0.05, 0) is 36.4 Å². The van der Waals surface area contributed by atoms with Gasteiger partial charge in [-0.2, -0.15) is 0 Å². The largest absolute Gasteiger partial charge is 0.493 e. The number of nitrogens with zero attached hydrogens (tertiary/aromatic N) is 4. The molecule has 0 saturated heterocycles. The van der Waals surface area contributed by atoms with Crippen LogP contribution >= 0.6 is 46.3 Å². The first kappa shape index (κ1) is 26.0. The highest BCUT2D eigenvalue weighted by molar-refractivity contribution is 7.99. The van der Waals surface area contributed by atoms with Gasteiger partial charge >= 0.3 is 0 Å². The maximum Gasteiger partial charge on any atom is 0.236 e. The van der Waals surface area contributed by atoms with Crippen LogP contribution in [0.1, 0.15) is 0 Å². The zero-order chi connectivity index (χ0) is 25.7. The maximum absolute atomic E-state index is 12.6. The standard InChI is InChI=1S/C24H21Cl2N5O3S2/c1-4-9-31-22(14-5-8-19(33-2)20(10-14)34-3)29-30-24(31)36-13-21(32)28-23-27-18(12-35-23)16-7-6-15(25)11-17(16)26/h4-8,10-12H,1,9,13H2,2-3H3,(H,27,28,32). The number of benzene rings is 2. The van der Waals surface area contributed by atoms with Crippen LogP contribution in [-0.4, -0.2) is 45.6 Å². The van der Waals surface area contributed by atoms with Gasteiger partial charge in [-0.3, -0.25) is 9.36 Å². The molecule has 12 heteroatoms. The van der Waals surface area contributed by atoms with Gasteiger partial charge in [-0.1, -0.05) is 41.0 Å². The number of thioether (sulfide) groups is 1. The van der Waals surface area contributed by atoms with E-state index < -0.39 is 0 Å². The molecule has 4 aromatic rings. The predicted octanol–water partition coefficient (Wildman–Crippen LogP) is 6.31. The summed E-state index contributed by atoms with van der Waals surface area (Å²) in [5.41, 5.74) is 2.21. The van der Waals surface area contributed by atoms with Gasteiger partial charge in [0.1, 0.15) is 0 Å². The third-order valence-corrected chi connectivity index (χ3v) is 7.23. The molecule has 2 heterocycles. The Labute approximate surface area is 226 Å². The van der Waals surface area contributed by atoms with E-state index in [1.54, 1.807) is 44.6 Å². The van der Waals surface area contributed by atoms with Crippen LogP contribution < -0.4 is 14.8 Å². The van der Waals surface area contributed by atoms with Gasteiger partial charge in [0.05, 0.1) is 30.7 Å². The molecule has 8 nitrogen and oxygen atoms in total. The molecule has 186 valence electrons. The van der Waals surface area contributed by atoms with Crippen molar-refractivity contribution in [3.8, 4) is 34.1 Å². The Morgan fingerprint density at radius 2 is 1.97 bits per heavy atom. The molecule has 2 aromatic heterocycles. The molecule has 0 unspecified atom stereocenters. The van der Waals surface area contributed by atoms with Gasteiger partial charge in [0.15, 0.2) is 27.6 Å². The number of anilines is 1. The van der Waals surface area contributed by atoms with Crippen molar-refractivity contribution in [3.05, 3.63) is 64.5 Å². The Hall–Kier alpha value is -3.05. The lowest BCUT2D eigenvalue weighted by atomic mass is 10.2. The molecular formula is C24H21Cl2N5O3S2. The molecule has 0 radical (unpaired) electrons. The molecule has 1 amide bonds. The highest BCUT2D eigenvalue weighted by atomic mass is 35.5. The van der Waals surface area contributed by atoms with Gasteiger partial charge in [-0.15, -0.1) is 28.1 Å². The number of carbonyl (C=O) groups is 1. The van der Waals surface area contributed by atoms with E-state index in [0.717, 1.165) is 11.1 Å². The van der Waals surface area contributed by atoms with Crippen LogP contribution in [-0.2, 0) is 11.3 Å². The van der Waals surface area contributed by atoms with Gasteiger partial charge < -0.3 is 14.8 Å². The summed E-state index contributed by atoms with van der Waals surface area (Å²) >= 11 is 14.8. The number of halogens is 2. The third-order valence-electron chi connectivity index (χ3n) is 4.96. The molecule has 0 spiro atoms. The van der Waals surface area contributed by atoms with E-state index in [-0.39, 0.29) is 11.7 Å². The van der Waals surface area contributed by atoms with Crippen molar-refractivity contribution in [2.24, 2.45) is 0 Å². The second-order valence-electron chi connectivity index (χ2n) is 7.27. The first-order chi connectivity index (χ1) is 17.4. The number of hydrogen-bond acceptors (Lipinski definition) is 8. The highest BCUT2D eigenvalue weighted by Crippen LogP contribution is 2.34. The van der Waals surface area contributed by atoms with E-state index in [2.05, 4.69) is 27.1 Å². The topological polar surface area (TPSA) is 91.2 Å². The minimum Gasteiger partial charge on any atom is -0.493 e. The maximum atomic E-state index is 12.6. The fourth-order valence-electron chi connectivity index (χ4n) is 3.32. The molecule has 36 heavy (non-hydrogen) atoms. The SMILES string of the molecule is C=CCn1c(SCC(=O)Nc2nc(-c3ccc(Cl)cc3Cl)cs2)nnc1-c1ccc(OC)c(OC)c1. The van der Waals surface area contributed by atoms with Crippen LogP contribution in [0.15, 0.2) is 59.6 Å². The molecule has 1 N–H and O–H groups in total. The highest BCUT2D eigenvalue weighted by Gasteiger charge is 2.17. The Morgan fingerprint density at radius 3 is 2.69 bits per heavy atom. The van der Waals surface area contributed by atoms with Crippen molar-refractivity contribution < 1.29 is 14.3 Å². The number of methoxy groups -OCH3 is 2. The molecule has 0 aliphatic heterocycles. The molecule has 0 atom stereocenters. The van der Waals surface area contributed by atoms with Crippen LogP contribution in [0.4, 0.5) is 5.13 Å². The van der Waals surface area contributed by atoms with Crippen LogP contribution in [0.3, 0.4) is 0 Å². The first-order valence-corrected chi connectivity index (χ1v) is 13.2. The molecule has 0 aliphatic carbocycles. The van der Waals surface area contributed by atoms with E-state index in [1.165, 1.54) is 23.1 Å². The van der Waals surface area contributed by atoms with Gasteiger partial charge in [0.2, 0.25) is 5.91 Å². The summed E-state index contributed by atoms with van der Waals surface area (Å²) in [7, 11) is 3.16. The molecule has 0 bridgehead atoms. The number of carbonyl (C=O) groups excluding carboxylic acids is 1. The van der Waals surface area contributed by atoms with Crippen molar-refractivity contribution in [2.75, 3.05) is 25.3 Å². The smallest absolute Gasteiger partial charge is 0.236 e.